The first-order valence-electron chi connectivity index (χ1n) is 13.1. The van der Waals surface area contributed by atoms with E-state index in [0.29, 0.717) is 6.42 Å². The molecule has 0 amide bonds. The Balaban J connectivity index is -0.000000197. The van der Waals surface area contributed by atoms with E-state index in [9.17, 15) is 4.79 Å². The molecular weight excluding hydrogens is 514 g/mol. The summed E-state index contributed by atoms with van der Waals surface area (Å²) < 4.78 is 10.1. The van der Waals surface area contributed by atoms with Gasteiger partial charge < -0.3 is 19.6 Å². The number of ether oxygens (including phenoxy) is 2. The lowest BCUT2D eigenvalue weighted by Crippen LogP contribution is -1.88. The fourth-order valence-corrected chi connectivity index (χ4v) is 2.86. The quantitative estimate of drug-likeness (QED) is 0.246. The minimum absolute atomic E-state index is 0.639. The summed E-state index contributed by atoms with van der Waals surface area (Å²) in [6, 6.07) is 23.7. The molecule has 0 aliphatic heterocycles. The minimum Gasteiger partial charge on any atom is -0.497 e. The van der Waals surface area contributed by atoms with E-state index in [-0.39, 0.29) is 0 Å². The van der Waals surface area contributed by atoms with Crippen molar-refractivity contribution in [2.45, 2.75) is 66.7 Å². The first-order chi connectivity index (χ1) is 18.5. The molecule has 0 unspecified atom stereocenters. The second-order valence-corrected chi connectivity index (χ2v) is 7.44. The number of nitrogens with one attached hydrogen (secondary N) is 1. The summed E-state index contributed by atoms with van der Waals surface area (Å²) in [7, 11) is 5.16. The van der Waals surface area contributed by atoms with Gasteiger partial charge in [0, 0.05) is 18.4 Å². The van der Waals surface area contributed by atoms with Gasteiger partial charge in [-0.3, -0.25) is 0 Å². The monoisotopic (exact) mass is 565 g/mol. The third-order valence-corrected chi connectivity index (χ3v) is 4.96. The summed E-state index contributed by atoms with van der Waals surface area (Å²) >= 11 is 7.53. The molecule has 6 heteroatoms. The van der Waals surface area contributed by atoms with Gasteiger partial charge >= 0.3 is 0 Å². The number of rotatable bonds is 5. The van der Waals surface area contributed by atoms with E-state index < -0.39 is 0 Å². The predicted octanol–water partition coefficient (Wildman–Crippen LogP) is 10.5. The molecule has 0 aliphatic rings. The molecule has 0 spiro atoms. The number of thioether (sulfide) groups is 1. The molecular formula is C32H52ClNO3S. The molecule has 3 rings (SSSR count). The van der Waals surface area contributed by atoms with Crippen LogP contribution in [0.4, 0.5) is 5.69 Å². The number of aldehydes is 1. The van der Waals surface area contributed by atoms with Crippen molar-refractivity contribution in [3.63, 3.8) is 0 Å². The maximum atomic E-state index is 9.17. The van der Waals surface area contributed by atoms with Crippen LogP contribution in [0, 0.1) is 6.92 Å². The highest BCUT2D eigenvalue weighted by Gasteiger charge is 1.98. The van der Waals surface area contributed by atoms with Crippen molar-refractivity contribution in [1.82, 2.24) is 0 Å². The highest BCUT2D eigenvalue weighted by atomic mass is 35.5. The number of para-hydroxylation sites is 1. The largest absolute Gasteiger partial charge is 0.497 e. The number of anilines is 1. The number of hydrogen-bond donors (Lipinski definition) is 1. The zero-order valence-corrected chi connectivity index (χ0v) is 27.3. The Morgan fingerprint density at radius 3 is 1.66 bits per heavy atom. The molecule has 0 saturated carbocycles. The van der Waals surface area contributed by atoms with E-state index in [2.05, 4.69) is 23.7 Å². The van der Waals surface area contributed by atoms with E-state index in [1.54, 1.807) is 26.0 Å². The van der Waals surface area contributed by atoms with Gasteiger partial charge in [0.1, 0.15) is 17.8 Å². The zero-order chi connectivity index (χ0) is 30.2. The van der Waals surface area contributed by atoms with Crippen LogP contribution in [0.1, 0.15) is 60.5 Å². The highest BCUT2D eigenvalue weighted by Crippen LogP contribution is 2.22. The molecule has 0 fully saturated rings. The second-order valence-electron chi connectivity index (χ2n) is 6.16. The fourth-order valence-electron chi connectivity index (χ4n) is 2.20. The highest BCUT2D eigenvalue weighted by molar-refractivity contribution is 7.98. The summed E-state index contributed by atoms with van der Waals surface area (Å²) in [4.78, 5) is 10.5. The van der Waals surface area contributed by atoms with E-state index in [1.807, 2.05) is 123 Å². The van der Waals surface area contributed by atoms with Crippen molar-refractivity contribution in [1.29, 1.82) is 0 Å². The third kappa shape index (κ3) is 23.7. The predicted molar refractivity (Wildman–Crippen MR) is 174 cm³/mol. The molecule has 0 heterocycles. The van der Waals surface area contributed by atoms with Gasteiger partial charge in [0.05, 0.1) is 24.9 Å². The lowest BCUT2D eigenvalue weighted by atomic mass is 10.2. The summed E-state index contributed by atoms with van der Waals surface area (Å²) in [5, 5.41) is 3.73. The summed E-state index contributed by atoms with van der Waals surface area (Å²) in [5.74, 6) is 1.76. The van der Waals surface area contributed by atoms with E-state index >= 15 is 0 Å². The zero-order valence-electron chi connectivity index (χ0n) is 25.7. The maximum absolute atomic E-state index is 9.17. The standard InChI is InChI=1S/C9H12O2.C7H8ClN.C7H8S.C3H6O.3C2H6/c1-7-6-8(10-2)4-5-9(7)11-3;1-9-7-5-3-2-4-6(7)8;1-8-7-5-3-2-4-6-7;1-2-3-4;3*1-2/h4-6H,1-3H3;2-5,9H,1H3;2-6H,1H3;3H,2H2,1H3;3*1-2H3. The number of methoxy groups -OCH3 is 2. The van der Waals surface area contributed by atoms with Gasteiger partial charge in [-0.2, -0.15) is 0 Å². The third-order valence-electron chi connectivity index (χ3n) is 3.89. The normalized spacial score (nSPS) is 7.92. The Bertz CT molecular complexity index is 878. The molecule has 3 aromatic rings. The van der Waals surface area contributed by atoms with Crippen LogP contribution in [0.2, 0.25) is 5.02 Å². The molecule has 1 N–H and O–H groups in total. The van der Waals surface area contributed by atoms with Gasteiger partial charge in [-0.15, -0.1) is 11.8 Å². The van der Waals surface area contributed by atoms with Crippen LogP contribution in [0.5, 0.6) is 11.5 Å². The Kier molecular flexibility index (Phi) is 38.4. The Morgan fingerprint density at radius 1 is 0.842 bits per heavy atom. The molecule has 38 heavy (non-hydrogen) atoms. The van der Waals surface area contributed by atoms with Crippen LogP contribution in [-0.2, 0) is 4.79 Å². The van der Waals surface area contributed by atoms with Crippen molar-refractivity contribution in [3.8, 4) is 11.5 Å². The molecule has 0 bridgehead atoms. The van der Waals surface area contributed by atoms with Gasteiger partial charge in [-0.05, 0) is 61.2 Å². The van der Waals surface area contributed by atoms with Gasteiger partial charge in [-0.1, -0.05) is 90.4 Å². The van der Waals surface area contributed by atoms with Crippen LogP contribution in [0.3, 0.4) is 0 Å². The van der Waals surface area contributed by atoms with Crippen molar-refractivity contribution in [2.75, 3.05) is 32.8 Å². The summed E-state index contributed by atoms with van der Waals surface area (Å²) in [5.41, 5.74) is 2.06. The van der Waals surface area contributed by atoms with Crippen LogP contribution >= 0.6 is 23.4 Å². The first-order valence-corrected chi connectivity index (χ1v) is 14.7. The van der Waals surface area contributed by atoms with Gasteiger partial charge in [0.2, 0.25) is 0 Å². The van der Waals surface area contributed by atoms with Crippen LogP contribution < -0.4 is 14.8 Å². The lowest BCUT2D eigenvalue weighted by molar-refractivity contribution is -0.107. The van der Waals surface area contributed by atoms with Crippen molar-refractivity contribution in [3.05, 3.63) is 83.4 Å². The number of carbonyl (C=O) groups is 1. The minimum atomic E-state index is 0.639. The summed E-state index contributed by atoms with van der Waals surface area (Å²) in [6.45, 7) is 15.8. The Labute approximate surface area is 243 Å². The Hall–Kier alpha value is -2.63. The van der Waals surface area contributed by atoms with Crippen LogP contribution in [0.25, 0.3) is 0 Å². The smallest absolute Gasteiger partial charge is 0.122 e. The van der Waals surface area contributed by atoms with E-state index in [4.69, 9.17) is 21.1 Å². The molecule has 0 aliphatic carbocycles. The molecule has 0 radical (unpaired) electrons. The van der Waals surface area contributed by atoms with Gasteiger partial charge in [0.15, 0.2) is 0 Å². The van der Waals surface area contributed by atoms with Crippen LogP contribution in [-0.4, -0.2) is 33.8 Å². The van der Waals surface area contributed by atoms with Crippen molar-refractivity contribution in [2.24, 2.45) is 0 Å². The average molecular weight is 566 g/mol. The van der Waals surface area contributed by atoms with E-state index in [1.165, 1.54) is 4.90 Å². The van der Waals surface area contributed by atoms with Crippen LogP contribution in [0.15, 0.2) is 77.7 Å². The molecule has 216 valence electrons. The molecule has 0 aromatic heterocycles. The molecule has 0 atom stereocenters. The molecule has 3 aromatic carbocycles. The lowest BCUT2D eigenvalue weighted by Gasteiger charge is -2.05. The van der Waals surface area contributed by atoms with E-state index in [0.717, 1.165) is 34.1 Å². The average Bonchev–Trinajstić information content (AvgIpc) is 3.01. The first kappa shape index (κ1) is 42.5. The number of benzene rings is 3. The SMILES string of the molecule is CC.CC.CC.CCC=O.CNc1ccccc1Cl.COc1ccc(OC)c(C)c1.CSc1ccccc1. The Morgan fingerprint density at radius 2 is 1.34 bits per heavy atom. The fraction of sp³-hybridized carbons (Fsp3) is 0.406. The van der Waals surface area contributed by atoms with Gasteiger partial charge in [0.25, 0.3) is 0 Å². The maximum Gasteiger partial charge on any atom is 0.122 e. The number of carbonyl (C=O) groups excluding carboxylic acids is 1. The number of hydrogen-bond acceptors (Lipinski definition) is 5. The van der Waals surface area contributed by atoms with Gasteiger partial charge in [-0.25, -0.2) is 0 Å². The molecule has 0 saturated heterocycles. The summed E-state index contributed by atoms with van der Waals surface area (Å²) in [6.07, 6.45) is 3.59. The number of aryl methyl sites for hydroxylation is 1. The molecule has 4 nitrogen and oxygen atoms in total. The van der Waals surface area contributed by atoms with Crippen molar-refractivity contribution < 1.29 is 14.3 Å². The van der Waals surface area contributed by atoms with Crippen molar-refractivity contribution >= 4 is 35.3 Å². The topological polar surface area (TPSA) is 47.6 Å². The second kappa shape index (κ2) is 34.4. The number of halogens is 1.